The molecule has 0 saturated carbocycles. The molecule has 1 amide bonds. The Morgan fingerprint density at radius 2 is 1.88 bits per heavy atom. The molecule has 0 atom stereocenters. The fraction of sp³-hybridized carbons (Fsp3) is 0.263. The zero-order valence-electron chi connectivity index (χ0n) is 13.9. The van der Waals surface area contributed by atoms with Gasteiger partial charge in [-0.05, 0) is 48.7 Å². The Kier molecular flexibility index (Phi) is 6.51. The lowest BCUT2D eigenvalue weighted by atomic mass is 10.1. The highest BCUT2D eigenvalue weighted by molar-refractivity contribution is 5.95. The molecular formula is C19H20FNO4. The third-order valence-electron chi connectivity index (χ3n) is 3.69. The molecule has 0 saturated heterocycles. The Morgan fingerprint density at radius 3 is 2.56 bits per heavy atom. The molecule has 0 aliphatic carbocycles. The third-order valence-corrected chi connectivity index (χ3v) is 3.69. The Labute approximate surface area is 145 Å². The molecule has 0 radical (unpaired) electrons. The average molecular weight is 345 g/mol. The summed E-state index contributed by atoms with van der Waals surface area (Å²) in [5.74, 6) is -0.937. The largest absolute Gasteiger partial charge is 0.494 e. The van der Waals surface area contributed by atoms with Gasteiger partial charge in [0.2, 0.25) is 0 Å². The predicted molar refractivity (Wildman–Crippen MR) is 91.1 cm³/mol. The van der Waals surface area contributed by atoms with Gasteiger partial charge in [-0.15, -0.1) is 0 Å². The summed E-state index contributed by atoms with van der Waals surface area (Å²) in [5.41, 5.74) is 1.52. The monoisotopic (exact) mass is 345 g/mol. The lowest BCUT2D eigenvalue weighted by Gasteiger charge is -2.09. The number of halogens is 1. The van der Waals surface area contributed by atoms with E-state index >= 15 is 0 Å². The number of rotatable bonds is 8. The van der Waals surface area contributed by atoms with Gasteiger partial charge in [0.1, 0.15) is 11.6 Å². The van der Waals surface area contributed by atoms with Crippen LogP contribution in [0.15, 0.2) is 42.5 Å². The van der Waals surface area contributed by atoms with Crippen LogP contribution in [-0.2, 0) is 11.3 Å². The van der Waals surface area contributed by atoms with E-state index in [2.05, 4.69) is 5.32 Å². The number of carbonyl (C=O) groups is 2. The molecule has 0 fully saturated rings. The van der Waals surface area contributed by atoms with Gasteiger partial charge in [0, 0.05) is 18.5 Å². The van der Waals surface area contributed by atoms with E-state index in [4.69, 9.17) is 9.84 Å². The Bertz CT molecular complexity index is 744. The maximum atomic E-state index is 13.5. The van der Waals surface area contributed by atoms with E-state index in [1.807, 2.05) is 12.1 Å². The summed E-state index contributed by atoms with van der Waals surface area (Å²) >= 11 is 0. The molecule has 0 aliphatic heterocycles. The van der Waals surface area contributed by atoms with Crippen molar-refractivity contribution in [3.05, 3.63) is 65.0 Å². The van der Waals surface area contributed by atoms with Crippen LogP contribution in [0.25, 0.3) is 0 Å². The molecule has 6 heteroatoms. The molecule has 2 aromatic carbocycles. The highest BCUT2D eigenvalue weighted by atomic mass is 19.1. The van der Waals surface area contributed by atoms with Crippen molar-refractivity contribution in [2.45, 2.75) is 26.3 Å². The quantitative estimate of drug-likeness (QED) is 0.720. The number of aliphatic carboxylic acids is 1. The summed E-state index contributed by atoms with van der Waals surface area (Å²) < 4.78 is 18.9. The Balaban J connectivity index is 1.84. The molecule has 0 unspecified atom stereocenters. The van der Waals surface area contributed by atoms with Crippen molar-refractivity contribution in [3.8, 4) is 5.75 Å². The van der Waals surface area contributed by atoms with E-state index < -0.39 is 11.8 Å². The molecule has 0 bridgehead atoms. The first kappa shape index (κ1) is 18.4. The van der Waals surface area contributed by atoms with Crippen LogP contribution in [0.3, 0.4) is 0 Å². The molecule has 2 aromatic rings. The van der Waals surface area contributed by atoms with Crippen molar-refractivity contribution >= 4 is 11.9 Å². The van der Waals surface area contributed by atoms with Gasteiger partial charge in [-0.1, -0.05) is 18.2 Å². The van der Waals surface area contributed by atoms with Gasteiger partial charge in [-0.2, -0.15) is 0 Å². The smallest absolute Gasteiger partial charge is 0.303 e. The average Bonchev–Trinajstić information content (AvgIpc) is 2.60. The fourth-order valence-corrected chi connectivity index (χ4v) is 2.25. The number of nitrogens with one attached hydrogen (secondary N) is 1. The van der Waals surface area contributed by atoms with Crippen LogP contribution in [0.4, 0.5) is 4.39 Å². The number of carbonyl (C=O) groups excluding carboxylic acids is 1. The molecule has 5 nitrogen and oxygen atoms in total. The maximum absolute atomic E-state index is 13.5. The third kappa shape index (κ3) is 5.60. The van der Waals surface area contributed by atoms with E-state index in [0.717, 1.165) is 5.56 Å². The number of amides is 1. The van der Waals surface area contributed by atoms with Crippen LogP contribution in [-0.4, -0.2) is 23.6 Å². The molecule has 0 aromatic heterocycles. The van der Waals surface area contributed by atoms with Crippen molar-refractivity contribution in [2.24, 2.45) is 0 Å². The van der Waals surface area contributed by atoms with Crippen LogP contribution < -0.4 is 10.1 Å². The normalized spacial score (nSPS) is 10.3. The number of carboxylic acid groups (broad SMARTS) is 1. The van der Waals surface area contributed by atoms with Gasteiger partial charge in [0.15, 0.2) is 0 Å². The molecular weight excluding hydrogens is 325 g/mol. The molecule has 132 valence electrons. The number of hydrogen-bond acceptors (Lipinski definition) is 3. The van der Waals surface area contributed by atoms with Crippen molar-refractivity contribution in [1.82, 2.24) is 5.32 Å². The van der Waals surface area contributed by atoms with Crippen LogP contribution in [0.2, 0.25) is 0 Å². The summed E-state index contributed by atoms with van der Waals surface area (Å²) in [7, 11) is 0. The Hall–Kier alpha value is -2.89. The number of hydrogen-bond donors (Lipinski definition) is 2. The maximum Gasteiger partial charge on any atom is 0.303 e. The number of ether oxygens (including phenoxy) is 1. The zero-order chi connectivity index (χ0) is 18.2. The van der Waals surface area contributed by atoms with Crippen molar-refractivity contribution in [3.63, 3.8) is 0 Å². The molecule has 0 spiro atoms. The summed E-state index contributed by atoms with van der Waals surface area (Å²) in [6.07, 6.45) is 0.518. The highest BCUT2D eigenvalue weighted by Gasteiger charge is 2.11. The van der Waals surface area contributed by atoms with Crippen molar-refractivity contribution < 1.29 is 23.8 Å². The van der Waals surface area contributed by atoms with Crippen LogP contribution in [0, 0.1) is 12.7 Å². The zero-order valence-corrected chi connectivity index (χ0v) is 13.9. The topological polar surface area (TPSA) is 75.6 Å². The van der Waals surface area contributed by atoms with Crippen LogP contribution in [0.1, 0.15) is 34.3 Å². The predicted octanol–water partition coefficient (Wildman–Crippen LogP) is 3.31. The first-order valence-electron chi connectivity index (χ1n) is 7.94. The standard InChI is InChI=1S/C19H20FNO4/c1-13-16(4-2-5-17(13)20)19(24)21-12-14-7-9-15(10-8-14)25-11-3-6-18(22)23/h2,4-5,7-10H,3,6,11-12H2,1H3,(H,21,24)(H,22,23). The molecule has 0 heterocycles. The lowest BCUT2D eigenvalue weighted by molar-refractivity contribution is -0.137. The van der Waals surface area contributed by atoms with E-state index in [1.54, 1.807) is 25.1 Å². The van der Waals surface area contributed by atoms with Gasteiger partial charge in [0.25, 0.3) is 5.91 Å². The van der Waals surface area contributed by atoms with Crippen LogP contribution >= 0.6 is 0 Å². The second-order valence-corrected chi connectivity index (χ2v) is 5.58. The molecule has 25 heavy (non-hydrogen) atoms. The van der Waals surface area contributed by atoms with Gasteiger partial charge in [0.05, 0.1) is 6.61 Å². The second kappa shape index (κ2) is 8.82. The summed E-state index contributed by atoms with van der Waals surface area (Å²) in [4.78, 5) is 22.6. The summed E-state index contributed by atoms with van der Waals surface area (Å²) in [5, 5.41) is 11.3. The van der Waals surface area contributed by atoms with Crippen LogP contribution in [0.5, 0.6) is 5.75 Å². The number of carboxylic acids is 1. The number of benzene rings is 2. The first-order valence-corrected chi connectivity index (χ1v) is 7.94. The summed E-state index contributed by atoms with van der Waals surface area (Å²) in [6.45, 7) is 2.22. The van der Waals surface area contributed by atoms with Crippen molar-refractivity contribution in [1.29, 1.82) is 0 Å². The Morgan fingerprint density at radius 1 is 1.16 bits per heavy atom. The first-order chi connectivity index (χ1) is 12.0. The van der Waals surface area contributed by atoms with Gasteiger partial charge >= 0.3 is 5.97 Å². The van der Waals surface area contributed by atoms with E-state index in [0.29, 0.717) is 36.4 Å². The van der Waals surface area contributed by atoms with E-state index in [1.165, 1.54) is 12.1 Å². The van der Waals surface area contributed by atoms with Gasteiger partial charge in [-0.3, -0.25) is 9.59 Å². The highest BCUT2D eigenvalue weighted by Crippen LogP contribution is 2.14. The molecule has 2 rings (SSSR count). The minimum atomic E-state index is -0.844. The van der Waals surface area contributed by atoms with Gasteiger partial charge < -0.3 is 15.2 Å². The minimum absolute atomic E-state index is 0.0730. The van der Waals surface area contributed by atoms with E-state index in [-0.39, 0.29) is 12.3 Å². The SMILES string of the molecule is Cc1c(F)cccc1C(=O)NCc1ccc(OCCCC(=O)O)cc1. The van der Waals surface area contributed by atoms with Crippen molar-refractivity contribution in [2.75, 3.05) is 6.61 Å². The molecule has 2 N–H and O–H groups in total. The fourth-order valence-electron chi connectivity index (χ4n) is 2.25. The van der Waals surface area contributed by atoms with Gasteiger partial charge in [-0.25, -0.2) is 4.39 Å². The molecule has 0 aliphatic rings. The lowest BCUT2D eigenvalue weighted by Crippen LogP contribution is -2.23. The summed E-state index contributed by atoms with van der Waals surface area (Å²) in [6, 6.07) is 11.6. The second-order valence-electron chi connectivity index (χ2n) is 5.58. The minimum Gasteiger partial charge on any atom is -0.494 e. The van der Waals surface area contributed by atoms with E-state index in [9.17, 15) is 14.0 Å².